The highest BCUT2D eigenvalue weighted by Crippen LogP contribution is 2.11. The molecule has 4 heteroatoms. The predicted molar refractivity (Wildman–Crippen MR) is 48.6 cm³/mol. The van der Waals surface area contributed by atoms with Crippen LogP contribution in [0.2, 0.25) is 0 Å². The lowest BCUT2D eigenvalue weighted by molar-refractivity contribution is -0.0634. The Bertz CT molecular complexity index is 174. The Morgan fingerprint density at radius 3 is 2.46 bits per heavy atom. The first-order valence-electron chi connectivity index (χ1n) is 4.70. The van der Waals surface area contributed by atoms with Gasteiger partial charge in [-0.25, -0.2) is 4.79 Å². The van der Waals surface area contributed by atoms with E-state index in [-0.39, 0.29) is 18.3 Å². The van der Waals surface area contributed by atoms with Gasteiger partial charge in [0.1, 0.15) is 0 Å². The summed E-state index contributed by atoms with van der Waals surface area (Å²) in [6.07, 6.45) is -0.0224. The highest BCUT2D eigenvalue weighted by Gasteiger charge is 2.26. The average molecular weight is 187 g/mol. The fourth-order valence-corrected chi connectivity index (χ4v) is 1.54. The molecule has 2 unspecified atom stereocenters. The number of nitrogens with zero attached hydrogens (tertiary/aromatic N) is 1. The first-order chi connectivity index (χ1) is 6.13. The smallest absolute Gasteiger partial charge is 0.409 e. The molecule has 0 spiro atoms. The summed E-state index contributed by atoms with van der Waals surface area (Å²) >= 11 is 0. The van der Waals surface area contributed by atoms with Crippen LogP contribution in [-0.4, -0.2) is 42.9 Å². The molecule has 76 valence electrons. The summed E-state index contributed by atoms with van der Waals surface area (Å²) in [6.45, 7) is 7.42. The lowest BCUT2D eigenvalue weighted by Crippen LogP contribution is -2.48. The molecule has 1 aliphatic heterocycles. The Balaban J connectivity index is 2.45. The van der Waals surface area contributed by atoms with Gasteiger partial charge in [-0.3, -0.25) is 0 Å². The maximum atomic E-state index is 11.3. The minimum atomic E-state index is -0.232. The van der Waals surface area contributed by atoms with Gasteiger partial charge in [-0.15, -0.1) is 0 Å². The van der Waals surface area contributed by atoms with Crippen LogP contribution in [0, 0.1) is 0 Å². The van der Waals surface area contributed by atoms with E-state index in [2.05, 4.69) is 0 Å². The molecular formula is C9H17NO3. The van der Waals surface area contributed by atoms with E-state index in [1.54, 1.807) is 4.90 Å². The summed E-state index contributed by atoms with van der Waals surface area (Å²) in [4.78, 5) is 13.0. The van der Waals surface area contributed by atoms with Gasteiger partial charge in [0.2, 0.25) is 0 Å². The Labute approximate surface area is 78.8 Å². The van der Waals surface area contributed by atoms with Crippen LogP contribution in [0.3, 0.4) is 0 Å². The van der Waals surface area contributed by atoms with E-state index in [0.29, 0.717) is 19.7 Å². The Hall–Kier alpha value is -0.770. The monoisotopic (exact) mass is 187 g/mol. The van der Waals surface area contributed by atoms with Gasteiger partial charge in [0, 0.05) is 0 Å². The van der Waals surface area contributed by atoms with Crippen molar-refractivity contribution in [2.24, 2.45) is 0 Å². The zero-order valence-corrected chi connectivity index (χ0v) is 8.45. The minimum absolute atomic E-state index is 0.105. The fourth-order valence-electron chi connectivity index (χ4n) is 1.54. The second-order valence-electron chi connectivity index (χ2n) is 3.36. The molecule has 0 aliphatic carbocycles. The topological polar surface area (TPSA) is 38.8 Å². The number of rotatable bonds is 1. The van der Waals surface area contributed by atoms with Gasteiger partial charge in [-0.1, -0.05) is 0 Å². The molecule has 0 N–H and O–H groups in total. The van der Waals surface area contributed by atoms with Gasteiger partial charge in [-0.05, 0) is 20.8 Å². The summed E-state index contributed by atoms with van der Waals surface area (Å²) in [5.74, 6) is 0. The third-order valence-electron chi connectivity index (χ3n) is 1.95. The van der Waals surface area contributed by atoms with Crippen LogP contribution in [0.1, 0.15) is 20.8 Å². The van der Waals surface area contributed by atoms with E-state index >= 15 is 0 Å². The molecule has 0 bridgehead atoms. The molecule has 1 aliphatic rings. The molecule has 0 aromatic carbocycles. The van der Waals surface area contributed by atoms with Crippen molar-refractivity contribution in [1.29, 1.82) is 0 Å². The summed E-state index contributed by atoms with van der Waals surface area (Å²) in [5, 5.41) is 0. The number of hydrogen-bond acceptors (Lipinski definition) is 3. The molecule has 4 nitrogen and oxygen atoms in total. The lowest BCUT2D eigenvalue weighted by Gasteiger charge is -2.34. The third kappa shape index (κ3) is 2.88. The van der Waals surface area contributed by atoms with E-state index in [4.69, 9.17) is 9.47 Å². The number of amides is 1. The van der Waals surface area contributed by atoms with Crippen molar-refractivity contribution in [3.05, 3.63) is 0 Å². The standard InChI is InChI=1S/C9H17NO3/c1-4-12-9(11)10-5-7(2)13-8(3)6-10/h7-8H,4-6H2,1-3H3. The van der Waals surface area contributed by atoms with Gasteiger partial charge in [0.05, 0.1) is 31.9 Å². The highest BCUT2D eigenvalue weighted by molar-refractivity contribution is 5.67. The minimum Gasteiger partial charge on any atom is -0.450 e. The molecule has 1 fully saturated rings. The molecule has 0 aromatic heterocycles. The molecule has 0 radical (unpaired) electrons. The lowest BCUT2D eigenvalue weighted by atomic mass is 10.2. The molecule has 13 heavy (non-hydrogen) atoms. The van der Waals surface area contributed by atoms with Gasteiger partial charge in [0.25, 0.3) is 0 Å². The third-order valence-corrected chi connectivity index (χ3v) is 1.95. The zero-order valence-electron chi connectivity index (χ0n) is 8.45. The number of carbonyl (C=O) groups is 1. The van der Waals surface area contributed by atoms with E-state index in [0.717, 1.165) is 0 Å². The number of hydrogen-bond donors (Lipinski definition) is 0. The average Bonchev–Trinajstić information content (AvgIpc) is 2.03. The molecule has 1 rings (SSSR count). The highest BCUT2D eigenvalue weighted by atomic mass is 16.6. The summed E-state index contributed by atoms with van der Waals surface area (Å²) in [5.41, 5.74) is 0. The summed E-state index contributed by atoms with van der Waals surface area (Å²) in [6, 6.07) is 0. The van der Waals surface area contributed by atoms with E-state index in [1.165, 1.54) is 0 Å². The van der Waals surface area contributed by atoms with E-state index < -0.39 is 0 Å². The van der Waals surface area contributed by atoms with Crippen LogP contribution in [0.5, 0.6) is 0 Å². The Kier molecular flexibility index (Phi) is 3.54. The van der Waals surface area contributed by atoms with Crippen molar-refractivity contribution in [1.82, 2.24) is 4.90 Å². The molecule has 2 atom stereocenters. The number of morpholine rings is 1. The largest absolute Gasteiger partial charge is 0.450 e. The van der Waals surface area contributed by atoms with Crippen LogP contribution in [0.25, 0.3) is 0 Å². The number of ether oxygens (including phenoxy) is 2. The predicted octanol–water partition coefficient (Wildman–Crippen LogP) is 1.25. The second-order valence-corrected chi connectivity index (χ2v) is 3.36. The molecular weight excluding hydrogens is 170 g/mol. The normalized spacial score (nSPS) is 28.7. The molecule has 0 aromatic rings. The van der Waals surface area contributed by atoms with Gasteiger partial charge >= 0.3 is 6.09 Å². The summed E-state index contributed by atoms with van der Waals surface area (Å²) in [7, 11) is 0. The summed E-state index contributed by atoms with van der Waals surface area (Å²) < 4.78 is 10.4. The maximum absolute atomic E-state index is 11.3. The molecule has 1 heterocycles. The first kappa shape index (κ1) is 10.3. The van der Waals surface area contributed by atoms with Crippen molar-refractivity contribution >= 4 is 6.09 Å². The van der Waals surface area contributed by atoms with Crippen molar-refractivity contribution in [2.75, 3.05) is 19.7 Å². The Morgan fingerprint density at radius 2 is 2.00 bits per heavy atom. The SMILES string of the molecule is CCOC(=O)N1CC(C)OC(C)C1. The van der Waals surface area contributed by atoms with Crippen molar-refractivity contribution in [2.45, 2.75) is 33.0 Å². The van der Waals surface area contributed by atoms with Crippen LogP contribution in [0.4, 0.5) is 4.79 Å². The molecule has 0 saturated carbocycles. The fraction of sp³-hybridized carbons (Fsp3) is 0.889. The van der Waals surface area contributed by atoms with Crippen LogP contribution in [-0.2, 0) is 9.47 Å². The van der Waals surface area contributed by atoms with Gasteiger partial charge in [0.15, 0.2) is 0 Å². The van der Waals surface area contributed by atoms with Gasteiger partial charge < -0.3 is 14.4 Å². The zero-order chi connectivity index (χ0) is 9.84. The van der Waals surface area contributed by atoms with Crippen molar-refractivity contribution in [3.63, 3.8) is 0 Å². The van der Waals surface area contributed by atoms with E-state index in [9.17, 15) is 4.79 Å². The first-order valence-corrected chi connectivity index (χ1v) is 4.70. The molecule has 1 saturated heterocycles. The maximum Gasteiger partial charge on any atom is 0.409 e. The van der Waals surface area contributed by atoms with Crippen LogP contribution in [0.15, 0.2) is 0 Å². The van der Waals surface area contributed by atoms with Gasteiger partial charge in [-0.2, -0.15) is 0 Å². The van der Waals surface area contributed by atoms with E-state index in [1.807, 2.05) is 20.8 Å². The van der Waals surface area contributed by atoms with Crippen LogP contribution < -0.4 is 0 Å². The van der Waals surface area contributed by atoms with Crippen molar-refractivity contribution in [3.8, 4) is 0 Å². The quantitative estimate of drug-likeness (QED) is 0.620. The second kappa shape index (κ2) is 4.46. The number of carbonyl (C=O) groups excluding carboxylic acids is 1. The van der Waals surface area contributed by atoms with Crippen LogP contribution >= 0.6 is 0 Å². The Morgan fingerprint density at radius 1 is 1.46 bits per heavy atom. The molecule has 1 amide bonds. The van der Waals surface area contributed by atoms with Crippen molar-refractivity contribution < 1.29 is 14.3 Å².